The fourth-order valence-corrected chi connectivity index (χ4v) is 2.92. The summed E-state index contributed by atoms with van der Waals surface area (Å²) in [6, 6.07) is 12.5. The summed E-state index contributed by atoms with van der Waals surface area (Å²) in [5, 5.41) is 2.87. The smallest absolute Gasteiger partial charge is 0.338 e. The van der Waals surface area contributed by atoms with Crippen LogP contribution in [0.2, 0.25) is 0 Å². The molecule has 1 amide bonds. The average Bonchev–Trinajstić information content (AvgIpc) is 2.78. The first-order valence-electron chi connectivity index (χ1n) is 11.4. The van der Waals surface area contributed by atoms with Crippen LogP contribution in [0, 0.1) is 5.92 Å². The van der Waals surface area contributed by atoms with Crippen molar-refractivity contribution in [1.29, 1.82) is 0 Å². The molecule has 0 bridgehead atoms. The Morgan fingerprint density at radius 2 is 1.72 bits per heavy atom. The molecule has 0 atom stereocenters. The number of esters is 1. The highest BCUT2D eigenvalue weighted by molar-refractivity contribution is 5.93. The third-order valence-electron chi connectivity index (χ3n) is 4.66. The van der Waals surface area contributed by atoms with E-state index >= 15 is 0 Å². The molecule has 0 aromatic heterocycles. The highest BCUT2D eigenvalue weighted by Gasteiger charge is 2.11. The van der Waals surface area contributed by atoms with E-state index in [-0.39, 0.29) is 17.8 Å². The summed E-state index contributed by atoms with van der Waals surface area (Å²) in [5.74, 6) is 1.28. The molecule has 32 heavy (non-hydrogen) atoms. The van der Waals surface area contributed by atoms with Gasteiger partial charge in [-0.1, -0.05) is 33.3 Å². The van der Waals surface area contributed by atoms with Crippen molar-refractivity contribution in [2.75, 3.05) is 25.1 Å². The van der Waals surface area contributed by atoms with Gasteiger partial charge in [0.25, 0.3) is 0 Å². The van der Waals surface area contributed by atoms with E-state index in [0.29, 0.717) is 49.7 Å². The molecule has 0 spiro atoms. The van der Waals surface area contributed by atoms with Crippen LogP contribution in [0.1, 0.15) is 62.9 Å². The molecule has 2 aromatic rings. The van der Waals surface area contributed by atoms with Crippen molar-refractivity contribution in [3.05, 3.63) is 53.6 Å². The fraction of sp³-hybridized carbons (Fsp3) is 0.462. The van der Waals surface area contributed by atoms with Crippen LogP contribution in [0.25, 0.3) is 0 Å². The average molecular weight is 442 g/mol. The lowest BCUT2D eigenvalue weighted by atomic mass is 10.1. The van der Waals surface area contributed by atoms with E-state index in [1.54, 1.807) is 24.3 Å². The van der Waals surface area contributed by atoms with Crippen LogP contribution in [0.5, 0.6) is 11.5 Å². The molecule has 0 radical (unpaired) electrons. The molecule has 6 nitrogen and oxygen atoms in total. The molecule has 0 saturated carbocycles. The van der Waals surface area contributed by atoms with Gasteiger partial charge in [0.05, 0.1) is 25.4 Å². The van der Waals surface area contributed by atoms with Crippen molar-refractivity contribution in [3.63, 3.8) is 0 Å². The Morgan fingerprint density at radius 3 is 2.38 bits per heavy atom. The molecular weight excluding hydrogens is 406 g/mol. The maximum atomic E-state index is 12.4. The van der Waals surface area contributed by atoms with Crippen molar-refractivity contribution in [2.24, 2.45) is 5.92 Å². The largest absolute Gasteiger partial charge is 0.490 e. The van der Waals surface area contributed by atoms with E-state index in [2.05, 4.69) is 12.2 Å². The zero-order chi connectivity index (χ0) is 23.3. The second-order valence-corrected chi connectivity index (χ2v) is 8.03. The summed E-state index contributed by atoms with van der Waals surface area (Å²) in [4.78, 5) is 24.4. The van der Waals surface area contributed by atoms with Gasteiger partial charge in [0, 0.05) is 12.1 Å². The van der Waals surface area contributed by atoms with E-state index in [4.69, 9.17) is 14.2 Å². The van der Waals surface area contributed by atoms with Crippen molar-refractivity contribution in [3.8, 4) is 11.5 Å². The van der Waals surface area contributed by atoms with E-state index < -0.39 is 0 Å². The predicted molar refractivity (Wildman–Crippen MR) is 127 cm³/mol. The van der Waals surface area contributed by atoms with E-state index in [1.807, 2.05) is 39.0 Å². The molecule has 0 aliphatic carbocycles. The first kappa shape index (κ1) is 25.2. The Morgan fingerprint density at radius 1 is 0.969 bits per heavy atom. The normalized spacial score (nSPS) is 10.7. The van der Waals surface area contributed by atoms with Crippen LogP contribution in [0.3, 0.4) is 0 Å². The number of amides is 1. The van der Waals surface area contributed by atoms with Gasteiger partial charge in [-0.05, 0) is 67.6 Å². The molecule has 0 fully saturated rings. The quantitative estimate of drug-likeness (QED) is 0.321. The summed E-state index contributed by atoms with van der Waals surface area (Å²) in [5.41, 5.74) is 2.12. The summed E-state index contributed by atoms with van der Waals surface area (Å²) in [6.45, 7) is 9.62. The Hall–Kier alpha value is -3.02. The molecule has 174 valence electrons. The Balaban J connectivity index is 1.88. The molecular formula is C26H35NO5. The first-order valence-corrected chi connectivity index (χ1v) is 11.4. The van der Waals surface area contributed by atoms with Crippen LogP contribution >= 0.6 is 0 Å². The molecule has 2 aromatic carbocycles. The molecule has 0 aliphatic rings. The highest BCUT2D eigenvalue weighted by atomic mass is 16.5. The van der Waals surface area contributed by atoms with Gasteiger partial charge < -0.3 is 19.5 Å². The number of hydrogen-bond acceptors (Lipinski definition) is 5. The zero-order valence-corrected chi connectivity index (χ0v) is 19.6. The van der Waals surface area contributed by atoms with Gasteiger partial charge in [-0.25, -0.2) is 4.79 Å². The number of anilines is 1. The summed E-state index contributed by atoms with van der Waals surface area (Å²) in [6.07, 6.45) is 2.98. The molecule has 0 unspecified atom stereocenters. The SMILES string of the molecule is CCCCOc1ccc(CCC(=O)Nc2ccc(C(=O)OCC(C)C)cc2)cc1OCC. The van der Waals surface area contributed by atoms with Crippen LogP contribution in [0.15, 0.2) is 42.5 Å². The number of hydrogen-bond donors (Lipinski definition) is 1. The van der Waals surface area contributed by atoms with Crippen LogP contribution < -0.4 is 14.8 Å². The van der Waals surface area contributed by atoms with Crippen LogP contribution in [0.4, 0.5) is 5.69 Å². The van der Waals surface area contributed by atoms with Crippen molar-refractivity contribution < 1.29 is 23.8 Å². The monoisotopic (exact) mass is 441 g/mol. The lowest BCUT2D eigenvalue weighted by Gasteiger charge is -2.13. The number of unbranched alkanes of at least 4 members (excludes halogenated alkanes) is 1. The van der Waals surface area contributed by atoms with Gasteiger partial charge in [0.1, 0.15) is 0 Å². The Bertz CT molecular complexity index is 861. The molecule has 6 heteroatoms. The second-order valence-electron chi connectivity index (χ2n) is 8.03. The van der Waals surface area contributed by atoms with E-state index in [0.717, 1.165) is 24.2 Å². The number of benzene rings is 2. The third kappa shape index (κ3) is 8.61. The molecule has 2 rings (SSSR count). The number of rotatable bonds is 13. The topological polar surface area (TPSA) is 73.9 Å². The molecule has 0 heterocycles. The lowest BCUT2D eigenvalue weighted by Crippen LogP contribution is -2.13. The van der Waals surface area contributed by atoms with Crippen molar-refractivity contribution >= 4 is 17.6 Å². The lowest BCUT2D eigenvalue weighted by molar-refractivity contribution is -0.116. The Labute approximate surface area is 191 Å². The van der Waals surface area contributed by atoms with Crippen LogP contribution in [-0.4, -0.2) is 31.7 Å². The zero-order valence-electron chi connectivity index (χ0n) is 19.6. The maximum Gasteiger partial charge on any atom is 0.338 e. The summed E-state index contributed by atoms with van der Waals surface area (Å²) >= 11 is 0. The second kappa shape index (κ2) is 13.4. The predicted octanol–water partition coefficient (Wildman–Crippen LogP) is 5.65. The number of carbonyl (C=O) groups excluding carboxylic acids is 2. The van der Waals surface area contributed by atoms with Crippen molar-refractivity contribution in [1.82, 2.24) is 0 Å². The van der Waals surface area contributed by atoms with Gasteiger partial charge in [0.15, 0.2) is 11.5 Å². The molecule has 0 aliphatic heterocycles. The third-order valence-corrected chi connectivity index (χ3v) is 4.66. The van der Waals surface area contributed by atoms with Gasteiger partial charge in [-0.3, -0.25) is 4.79 Å². The van der Waals surface area contributed by atoms with Crippen molar-refractivity contribution in [2.45, 2.75) is 53.4 Å². The first-order chi connectivity index (χ1) is 15.4. The number of nitrogens with one attached hydrogen (secondary N) is 1. The summed E-state index contributed by atoms with van der Waals surface area (Å²) in [7, 11) is 0. The number of aryl methyl sites for hydroxylation is 1. The minimum Gasteiger partial charge on any atom is -0.490 e. The van der Waals surface area contributed by atoms with Gasteiger partial charge in [-0.15, -0.1) is 0 Å². The van der Waals surface area contributed by atoms with E-state index in [1.165, 1.54) is 0 Å². The number of ether oxygens (including phenoxy) is 3. The van der Waals surface area contributed by atoms with Gasteiger partial charge in [0.2, 0.25) is 5.91 Å². The van der Waals surface area contributed by atoms with Crippen LogP contribution in [-0.2, 0) is 16.0 Å². The number of carbonyl (C=O) groups is 2. The summed E-state index contributed by atoms with van der Waals surface area (Å²) < 4.78 is 16.7. The standard InChI is InChI=1S/C26H35NO5/c1-5-7-16-31-23-14-8-20(17-24(23)30-6-2)9-15-25(28)27-22-12-10-21(11-13-22)26(29)32-18-19(3)4/h8,10-14,17,19H,5-7,9,15-16,18H2,1-4H3,(H,27,28). The minimum atomic E-state index is -0.358. The maximum absolute atomic E-state index is 12.4. The molecule has 0 saturated heterocycles. The van der Waals surface area contributed by atoms with Gasteiger partial charge in [-0.2, -0.15) is 0 Å². The Kier molecular flexibility index (Phi) is 10.6. The highest BCUT2D eigenvalue weighted by Crippen LogP contribution is 2.29. The van der Waals surface area contributed by atoms with Gasteiger partial charge >= 0.3 is 5.97 Å². The molecule has 1 N–H and O–H groups in total. The fourth-order valence-electron chi connectivity index (χ4n) is 2.92. The van der Waals surface area contributed by atoms with E-state index in [9.17, 15) is 9.59 Å². The minimum absolute atomic E-state index is 0.0960.